The number of fused-ring (bicyclic) bond motifs is 1. The van der Waals surface area contributed by atoms with Crippen molar-refractivity contribution in [3.63, 3.8) is 0 Å². The second-order valence-electron chi connectivity index (χ2n) is 5.83. The summed E-state index contributed by atoms with van der Waals surface area (Å²) in [6.45, 7) is 1.45. The Kier molecular flexibility index (Phi) is 5.96. The molecule has 2 N–H and O–H groups in total. The van der Waals surface area contributed by atoms with Gasteiger partial charge in [0.15, 0.2) is 17.7 Å². The van der Waals surface area contributed by atoms with Crippen LogP contribution in [0, 0.1) is 17.1 Å². The third-order valence-corrected chi connectivity index (χ3v) is 4.89. The van der Waals surface area contributed by atoms with Crippen molar-refractivity contribution in [1.29, 1.82) is 5.26 Å². The van der Waals surface area contributed by atoms with Gasteiger partial charge in [-0.15, -0.1) is 11.8 Å². The first-order valence-electron chi connectivity index (χ1n) is 8.34. The average molecular weight is 397 g/mol. The second-order valence-corrected chi connectivity index (χ2v) is 6.84. The molecule has 3 aromatic rings. The highest BCUT2D eigenvalue weighted by Crippen LogP contribution is 2.23. The van der Waals surface area contributed by atoms with E-state index in [9.17, 15) is 19.6 Å². The highest BCUT2D eigenvalue weighted by molar-refractivity contribution is 8.00. The molecule has 0 aliphatic rings. The lowest BCUT2D eigenvalue weighted by Gasteiger charge is -2.13. The number of H-pyrrole nitrogens is 1. The number of thioether (sulfide) groups is 1. The van der Waals surface area contributed by atoms with Gasteiger partial charge in [-0.3, -0.25) is 4.79 Å². The molecule has 0 aliphatic carbocycles. The monoisotopic (exact) mass is 397 g/mol. The van der Waals surface area contributed by atoms with Gasteiger partial charge in [0.2, 0.25) is 0 Å². The standard InChI is InChI=1S/C20H16FN3O3S/c1-12(27-18(25)11-28-17-9-5-2-6-14(17)21)19(26)13(10-22)20-23-15-7-3-4-8-16(15)24-20/h2-9,12,26H,11H2,1H3,(H,23,24)/b19-13-/t12-/m1/s1. The highest BCUT2D eigenvalue weighted by Gasteiger charge is 2.21. The maximum Gasteiger partial charge on any atom is 0.316 e. The molecule has 28 heavy (non-hydrogen) atoms. The van der Waals surface area contributed by atoms with Crippen molar-refractivity contribution < 1.29 is 19.0 Å². The molecule has 0 saturated carbocycles. The Morgan fingerprint density at radius 2 is 2.04 bits per heavy atom. The zero-order valence-corrected chi connectivity index (χ0v) is 15.7. The lowest BCUT2D eigenvalue weighted by atomic mass is 10.2. The Labute approximate surface area is 164 Å². The van der Waals surface area contributed by atoms with Gasteiger partial charge in [0.1, 0.15) is 17.5 Å². The zero-order valence-electron chi connectivity index (χ0n) is 14.8. The van der Waals surface area contributed by atoms with Crippen LogP contribution in [-0.4, -0.2) is 32.9 Å². The van der Waals surface area contributed by atoms with Crippen molar-refractivity contribution in [2.75, 3.05) is 5.75 Å². The molecule has 0 radical (unpaired) electrons. The van der Waals surface area contributed by atoms with Gasteiger partial charge >= 0.3 is 5.97 Å². The Morgan fingerprint density at radius 1 is 1.32 bits per heavy atom. The van der Waals surface area contributed by atoms with E-state index in [0.29, 0.717) is 15.9 Å². The predicted octanol–water partition coefficient (Wildman–Crippen LogP) is 4.22. The Balaban J connectivity index is 1.70. The van der Waals surface area contributed by atoms with Crippen LogP contribution in [-0.2, 0) is 9.53 Å². The van der Waals surface area contributed by atoms with E-state index in [-0.39, 0.29) is 17.2 Å². The van der Waals surface area contributed by atoms with Crippen molar-refractivity contribution in [3.8, 4) is 6.07 Å². The first kappa shape index (κ1) is 19.5. The van der Waals surface area contributed by atoms with E-state index in [1.165, 1.54) is 13.0 Å². The number of nitrogens with one attached hydrogen (secondary N) is 1. The Hall–Kier alpha value is -3.31. The van der Waals surface area contributed by atoms with Crippen LogP contribution in [0.2, 0.25) is 0 Å². The third kappa shape index (κ3) is 4.32. The number of para-hydroxylation sites is 2. The molecule has 8 heteroatoms. The van der Waals surface area contributed by atoms with Crippen molar-refractivity contribution in [2.24, 2.45) is 0 Å². The number of halogens is 1. The van der Waals surface area contributed by atoms with E-state index in [2.05, 4.69) is 9.97 Å². The SMILES string of the molecule is C[C@@H](OC(=O)CSc1ccccc1F)/C(O)=C(\C#N)c1nc2ccccc2[nH]1. The number of ether oxygens (including phenoxy) is 1. The molecular formula is C20H16FN3O3S. The van der Waals surface area contributed by atoms with Crippen LogP contribution in [0.15, 0.2) is 59.2 Å². The minimum absolute atomic E-state index is 0.113. The van der Waals surface area contributed by atoms with Gasteiger partial charge in [-0.05, 0) is 31.2 Å². The largest absolute Gasteiger partial charge is 0.507 e. The summed E-state index contributed by atoms with van der Waals surface area (Å²) >= 11 is 0.992. The number of aliphatic hydroxyl groups excluding tert-OH is 1. The number of benzene rings is 2. The van der Waals surface area contributed by atoms with E-state index in [1.807, 2.05) is 12.1 Å². The van der Waals surface area contributed by atoms with Gasteiger partial charge in [-0.25, -0.2) is 9.37 Å². The average Bonchev–Trinajstić information content (AvgIpc) is 3.11. The molecule has 0 saturated heterocycles. The molecule has 0 fully saturated rings. The molecule has 0 aliphatic heterocycles. The molecule has 6 nitrogen and oxygen atoms in total. The number of hydrogen-bond acceptors (Lipinski definition) is 6. The number of rotatable bonds is 6. The summed E-state index contributed by atoms with van der Waals surface area (Å²) < 4.78 is 18.8. The van der Waals surface area contributed by atoms with Gasteiger partial charge in [0, 0.05) is 4.90 Å². The first-order chi connectivity index (χ1) is 13.5. The van der Waals surface area contributed by atoms with Crippen LogP contribution in [0.25, 0.3) is 16.6 Å². The van der Waals surface area contributed by atoms with Crippen LogP contribution in [0.3, 0.4) is 0 Å². The fourth-order valence-electron chi connectivity index (χ4n) is 2.49. The van der Waals surface area contributed by atoms with Crippen LogP contribution < -0.4 is 0 Å². The minimum Gasteiger partial charge on any atom is -0.507 e. The molecule has 1 aromatic heterocycles. The molecule has 0 spiro atoms. The normalized spacial score (nSPS) is 12.9. The summed E-state index contributed by atoms with van der Waals surface area (Å²) in [5.41, 5.74) is 1.24. The third-order valence-electron chi connectivity index (χ3n) is 3.87. The van der Waals surface area contributed by atoms with Crippen LogP contribution in [0.4, 0.5) is 4.39 Å². The van der Waals surface area contributed by atoms with Crippen molar-refractivity contribution in [1.82, 2.24) is 9.97 Å². The lowest BCUT2D eigenvalue weighted by molar-refractivity contribution is -0.144. The van der Waals surface area contributed by atoms with Crippen molar-refractivity contribution in [2.45, 2.75) is 17.9 Å². The molecule has 1 heterocycles. The number of esters is 1. The summed E-state index contributed by atoms with van der Waals surface area (Å²) in [6.07, 6.45) is -1.06. The molecule has 0 amide bonds. The van der Waals surface area contributed by atoms with Gasteiger partial charge < -0.3 is 14.8 Å². The predicted molar refractivity (Wildman–Crippen MR) is 104 cm³/mol. The summed E-state index contributed by atoms with van der Waals surface area (Å²) in [5, 5.41) is 19.8. The Bertz CT molecular complexity index is 1050. The summed E-state index contributed by atoms with van der Waals surface area (Å²) in [6, 6.07) is 15.2. The number of allylic oxidation sites excluding steroid dienone is 1. The molecule has 142 valence electrons. The number of carbonyl (C=O) groups is 1. The van der Waals surface area contributed by atoms with Gasteiger partial charge in [0.25, 0.3) is 0 Å². The molecule has 3 rings (SSSR count). The molecule has 0 bridgehead atoms. The fourth-order valence-corrected chi connectivity index (χ4v) is 3.21. The summed E-state index contributed by atoms with van der Waals surface area (Å²) in [5.74, 6) is -1.43. The quantitative estimate of drug-likeness (QED) is 0.280. The molecular weight excluding hydrogens is 381 g/mol. The number of aromatic nitrogens is 2. The minimum atomic E-state index is -1.06. The number of aliphatic hydroxyl groups is 1. The van der Waals surface area contributed by atoms with Gasteiger partial charge in [-0.2, -0.15) is 5.26 Å². The number of aromatic amines is 1. The van der Waals surface area contributed by atoms with Gasteiger partial charge in [-0.1, -0.05) is 24.3 Å². The molecule has 1 atom stereocenters. The van der Waals surface area contributed by atoms with E-state index in [0.717, 1.165) is 11.8 Å². The van der Waals surface area contributed by atoms with Crippen LogP contribution in [0.5, 0.6) is 0 Å². The summed E-state index contributed by atoms with van der Waals surface area (Å²) in [4.78, 5) is 19.6. The second kappa shape index (κ2) is 8.59. The first-order valence-corrected chi connectivity index (χ1v) is 9.33. The fraction of sp³-hybridized carbons (Fsp3) is 0.150. The van der Waals surface area contributed by atoms with Gasteiger partial charge in [0.05, 0.1) is 16.8 Å². The van der Waals surface area contributed by atoms with Crippen LogP contribution >= 0.6 is 11.8 Å². The van der Waals surface area contributed by atoms with E-state index in [1.54, 1.807) is 36.4 Å². The van der Waals surface area contributed by atoms with E-state index < -0.39 is 23.6 Å². The Morgan fingerprint density at radius 3 is 2.75 bits per heavy atom. The van der Waals surface area contributed by atoms with E-state index in [4.69, 9.17) is 4.74 Å². The number of nitriles is 1. The van der Waals surface area contributed by atoms with Crippen LogP contribution in [0.1, 0.15) is 12.7 Å². The topological polar surface area (TPSA) is 99.0 Å². The molecule has 0 unspecified atom stereocenters. The molecule has 2 aromatic carbocycles. The maximum absolute atomic E-state index is 13.6. The number of nitrogens with zero attached hydrogens (tertiary/aromatic N) is 2. The zero-order chi connectivity index (χ0) is 20.1. The van der Waals surface area contributed by atoms with Crippen molar-refractivity contribution >= 4 is 34.3 Å². The maximum atomic E-state index is 13.6. The van der Waals surface area contributed by atoms with E-state index >= 15 is 0 Å². The van der Waals surface area contributed by atoms with Crippen molar-refractivity contribution in [3.05, 3.63) is 65.9 Å². The number of imidazole rings is 1. The lowest BCUT2D eigenvalue weighted by Crippen LogP contribution is -2.19. The highest BCUT2D eigenvalue weighted by atomic mass is 32.2. The summed E-state index contributed by atoms with van der Waals surface area (Å²) in [7, 11) is 0. The number of hydrogen-bond donors (Lipinski definition) is 2. The smallest absolute Gasteiger partial charge is 0.316 e. The number of carbonyl (C=O) groups excluding carboxylic acids is 1.